The van der Waals surface area contributed by atoms with Crippen LogP contribution in [0, 0.1) is 11.7 Å². The van der Waals surface area contributed by atoms with Gasteiger partial charge in [-0.25, -0.2) is 15.0 Å². The molecule has 33 heavy (non-hydrogen) atoms. The molecular weight excluding hydrogens is 454 g/mol. The van der Waals surface area contributed by atoms with Gasteiger partial charge in [-0.3, -0.25) is 18.8 Å². The summed E-state index contributed by atoms with van der Waals surface area (Å²) in [4.78, 5) is 31.3. The van der Waals surface area contributed by atoms with Crippen molar-refractivity contribution in [3.63, 3.8) is 0 Å². The van der Waals surface area contributed by atoms with E-state index in [1.807, 2.05) is 53.4 Å². The van der Waals surface area contributed by atoms with Crippen LogP contribution in [0.4, 0.5) is 5.13 Å². The Labute approximate surface area is 200 Å². The maximum absolute atomic E-state index is 13.3. The van der Waals surface area contributed by atoms with Gasteiger partial charge in [0.25, 0.3) is 5.56 Å². The van der Waals surface area contributed by atoms with E-state index in [1.165, 1.54) is 0 Å². The highest BCUT2D eigenvalue weighted by Crippen LogP contribution is 2.19. The van der Waals surface area contributed by atoms with E-state index in [9.17, 15) is 4.79 Å². The Morgan fingerprint density at radius 2 is 1.85 bits per heavy atom. The van der Waals surface area contributed by atoms with Gasteiger partial charge in [0, 0.05) is 56.2 Å². The van der Waals surface area contributed by atoms with E-state index in [0.717, 1.165) is 50.0 Å². The van der Waals surface area contributed by atoms with E-state index >= 15 is 0 Å². The van der Waals surface area contributed by atoms with E-state index in [2.05, 4.69) is 24.8 Å². The first-order valence-electron chi connectivity index (χ1n) is 11.0. The number of hydrogen-bond acceptors (Lipinski definition) is 8. The number of rotatable bonds is 6. The normalized spacial score (nSPS) is 14.8. The molecule has 4 aromatic rings. The molecule has 0 spiro atoms. The number of para-hydroxylation sites is 1. The van der Waals surface area contributed by atoms with Crippen molar-refractivity contribution in [1.82, 2.24) is 29.0 Å². The van der Waals surface area contributed by atoms with Crippen molar-refractivity contribution in [3.8, 4) is 5.69 Å². The molecule has 1 aromatic carbocycles. The van der Waals surface area contributed by atoms with E-state index in [1.54, 1.807) is 22.1 Å². The highest BCUT2D eigenvalue weighted by Gasteiger charge is 2.19. The van der Waals surface area contributed by atoms with Crippen LogP contribution in [0.25, 0.3) is 16.7 Å². The zero-order valence-electron chi connectivity index (χ0n) is 18.4. The third kappa shape index (κ3) is 4.46. The predicted molar refractivity (Wildman–Crippen MR) is 134 cm³/mol. The summed E-state index contributed by atoms with van der Waals surface area (Å²) >= 11 is 7.49. The second-order valence-electron chi connectivity index (χ2n) is 8.06. The summed E-state index contributed by atoms with van der Waals surface area (Å²) in [5, 5.41) is 3.59. The molecule has 1 saturated heterocycles. The minimum atomic E-state index is -0.129. The molecule has 170 valence electrons. The lowest BCUT2D eigenvalue weighted by atomic mass is 10.3. The van der Waals surface area contributed by atoms with Crippen LogP contribution in [0.15, 0.2) is 52.9 Å². The van der Waals surface area contributed by atoms with Gasteiger partial charge in [0.15, 0.2) is 15.5 Å². The molecule has 8 nitrogen and oxygen atoms in total. The van der Waals surface area contributed by atoms with Crippen LogP contribution in [0.5, 0.6) is 0 Å². The molecule has 0 unspecified atom stereocenters. The van der Waals surface area contributed by atoms with Gasteiger partial charge in [0.05, 0.1) is 0 Å². The van der Waals surface area contributed by atoms with Gasteiger partial charge < -0.3 is 4.90 Å². The first-order chi connectivity index (χ1) is 16.1. The monoisotopic (exact) mass is 479 g/mol. The SMILES string of the molecule is Cc1ncc2c(=O)n(CCCN3CCN(c4nccs4)CC3)c(=S)n(-c3ccccc3)c2n1. The number of benzene rings is 1. The number of hydrogen-bond donors (Lipinski definition) is 0. The second-order valence-corrected chi connectivity index (χ2v) is 9.30. The standard InChI is InChI=1S/C23H25N7OS2/c1-17-25-16-19-20(26-17)30(18-6-3-2-4-7-18)23(32)29(21(19)31)10-5-9-27-11-13-28(14-12-27)22-24-8-15-33-22/h2-4,6-8,15-16H,5,9-14H2,1H3. The van der Waals surface area contributed by atoms with E-state index in [4.69, 9.17) is 12.2 Å². The first kappa shape index (κ1) is 21.9. The summed E-state index contributed by atoms with van der Waals surface area (Å²) in [7, 11) is 0. The van der Waals surface area contributed by atoms with E-state index in [-0.39, 0.29) is 5.56 Å². The minimum absolute atomic E-state index is 0.129. The molecule has 0 bridgehead atoms. The van der Waals surface area contributed by atoms with Gasteiger partial charge in [0.2, 0.25) is 0 Å². The summed E-state index contributed by atoms with van der Waals surface area (Å²) in [6.07, 6.45) is 4.31. The van der Waals surface area contributed by atoms with Crippen molar-refractivity contribution in [3.05, 3.63) is 69.1 Å². The maximum Gasteiger partial charge on any atom is 0.265 e. The Hall–Kier alpha value is -2.95. The van der Waals surface area contributed by atoms with E-state index in [0.29, 0.717) is 28.2 Å². The molecule has 0 saturated carbocycles. The predicted octanol–water partition coefficient (Wildman–Crippen LogP) is 3.29. The maximum atomic E-state index is 13.3. The van der Waals surface area contributed by atoms with Crippen molar-refractivity contribution in [2.75, 3.05) is 37.6 Å². The number of anilines is 1. The summed E-state index contributed by atoms with van der Waals surface area (Å²) in [5.74, 6) is 0.607. The van der Waals surface area contributed by atoms with Crippen LogP contribution in [-0.2, 0) is 6.54 Å². The Morgan fingerprint density at radius 3 is 2.58 bits per heavy atom. The van der Waals surface area contributed by atoms with Crippen LogP contribution >= 0.6 is 23.6 Å². The minimum Gasteiger partial charge on any atom is -0.346 e. The van der Waals surface area contributed by atoms with Gasteiger partial charge in [-0.1, -0.05) is 18.2 Å². The number of fused-ring (bicyclic) bond motifs is 1. The molecule has 0 aliphatic carbocycles. The van der Waals surface area contributed by atoms with Gasteiger partial charge in [-0.15, -0.1) is 11.3 Å². The number of nitrogens with zero attached hydrogens (tertiary/aromatic N) is 7. The number of aryl methyl sites for hydroxylation is 1. The highest BCUT2D eigenvalue weighted by atomic mass is 32.1. The molecule has 4 heterocycles. The van der Waals surface area contributed by atoms with Crippen LogP contribution in [0.1, 0.15) is 12.2 Å². The molecule has 1 fully saturated rings. The highest BCUT2D eigenvalue weighted by molar-refractivity contribution is 7.71. The van der Waals surface area contributed by atoms with Gasteiger partial charge >= 0.3 is 0 Å². The molecule has 0 radical (unpaired) electrons. The third-order valence-electron chi connectivity index (χ3n) is 5.93. The topological polar surface area (TPSA) is 72.1 Å². The second kappa shape index (κ2) is 9.50. The number of piperazine rings is 1. The fraction of sp³-hybridized carbons (Fsp3) is 0.348. The molecule has 0 amide bonds. The summed E-state index contributed by atoms with van der Waals surface area (Å²) in [6.45, 7) is 7.22. The van der Waals surface area contributed by atoms with Crippen molar-refractivity contribution in [1.29, 1.82) is 0 Å². The van der Waals surface area contributed by atoms with Crippen molar-refractivity contribution >= 4 is 39.7 Å². The lowest BCUT2D eigenvalue weighted by Crippen LogP contribution is -2.46. The Morgan fingerprint density at radius 1 is 1.06 bits per heavy atom. The Bertz CT molecular complexity index is 1360. The van der Waals surface area contributed by atoms with Crippen LogP contribution < -0.4 is 10.5 Å². The van der Waals surface area contributed by atoms with E-state index < -0.39 is 0 Å². The zero-order chi connectivity index (χ0) is 22.8. The number of thiazole rings is 1. The molecule has 1 aliphatic heterocycles. The zero-order valence-corrected chi connectivity index (χ0v) is 20.1. The number of aromatic nitrogens is 5. The lowest BCUT2D eigenvalue weighted by Gasteiger charge is -2.34. The average Bonchev–Trinajstić information content (AvgIpc) is 3.37. The fourth-order valence-electron chi connectivity index (χ4n) is 4.22. The quantitative estimate of drug-likeness (QED) is 0.393. The summed E-state index contributed by atoms with van der Waals surface area (Å²) < 4.78 is 4.04. The fourth-order valence-corrected chi connectivity index (χ4v) is 5.28. The van der Waals surface area contributed by atoms with Gasteiger partial charge in [0.1, 0.15) is 11.2 Å². The van der Waals surface area contributed by atoms with Crippen molar-refractivity contribution < 1.29 is 0 Å². The van der Waals surface area contributed by atoms with Crippen molar-refractivity contribution in [2.45, 2.75) is 19.9 Å². The Balaban J connectivity index is 1.36. The molecule has 10 heteroatoms. The van der Waals surface area contributed by atoms with Crippen LogP contribution in [0.3, 0.4) is 0 Å². The van der Waals surface area contributed by atoms with Gasteiger partial charge in [-0.05, 0) is 44.2 Å². The molecule has 0 atom stereocenters. The third-order valence-corrected chi connectivity index (χ3v) is 7.17. The molecule has 1 aliphatic rings. The smallest absolute Gasteiger partial charge is 0.265 e. The lowest BCUT2D eigenvalue weighted by molar-refractivity contribution is 0.249. The molecular formula is C23H25N7OS2. The van der Waals surface area contributed by atoms with Crippen molar-refractivity contribution in [2.24, 2.45) is 0 Å². The van der Waals surface area contributed by atoms with Crippen LogP contribution in [0.2, 0.25) is 0 Å². The van der Waals surface area contributed by atoms with Gasteiger partial charge in [-0.2, -0.15) is 0 Å². The molecule has 3 aromatic heterocycles. The molecule has 5 rings (SSSR count). The summed E-state index contributed by atoms with van der Waals surface area (Å²) in [5.41, 5.74) is 1.31. The average molecular weight is 480 g/mol. The summed E-state index contributed by atoms with van der Waals surface area (Å²) in [6, 6.07) is 9.82. The largest absolute Gasteiger partial charge is 0.346 e. The molecule has 0 N–H and O–H groups in total. The first-order valence-corrected chi connectivity index (χ1v) is 12.3. The van der Waals surface area contributed by atoms with Crippen LogP contribution in [-0.4, -0.2) is 61.7 Å². The Kier molecular flexibility index (Phi) is 6.30.